The van der Waals surface area contributed by atoms with Crippen molar-refractivity contribution in [2.75, 3.05) is 5.32 Å². The predicted octanol–water partition coefficient (Wildman–Crippen LogP) is 3.42. The molecule has 0 unspecified atom stereocenters. The van der Waals surface area contributed by atoms with Crippen LogP contribution in [0.3, 0.4) is 0 Å². The first-order chi connectivity index (χ1) is 8.58. The van der Waals surface area contributed by atoms with E-state index in [9.17, 15) is 4.79 Å². The summed E-state index contributed by atoms with van der Waals surface area (Å²) >= 11 is 7.59. The molecule has 0 aliphatic rings. The lowest BCUT2D eigenvalue weighted by molar-refractivity contribution is 0.0697. The molecule has 94 valence electrons. The van der Waals surface area contributed by atoms with Crippen LogP contribution in [-0.4, -0.2) is 16.1 Å². The molecule has 1 aromatic heterocycles. The number of rotatable bonds is 4. The number of aromatic carboxylic acids is 1. The third-order valence-electron chi connectivity index (χ3n) is 2.50. The Bertz CT molecular complexity index is 583. The fourth-order valence-electron chi connectivity index (χ4n) is 1.46. The largest absolute Gasteiger partial charge is 0.478 e. The fraction of sp³-hybridized carbons (Fsp3) is 0.167. The summed E-state index contributed by atoms with van der Waals surface area (Å²) in [4.78, 5) is 16.1. The van der Waals surface area contributed by atoms with E-state index in [1.54, 1.807) is 22.9 Å². The number of halogens is 1. The van der Waals surface area contributed by atoms with Crippen LogP contribution in [0.2, 0.25) is 5.02 Å². The summed E-state index contributed by atoms with van der Waals surface area (Å²) in [7, 11) is 0. The zero-order chi connectivity index (χ0) is 13.1. The number of hydrogen-bond donors (Lipinski definition) is 2. The van der Waals surface area contributed by atoms with Crippen LogP contribution >= 0.6 is 22.9 Å². The number of aromatic nitrogens is 1. The number of hydrogen-bond acceptors (Lipinski definition) is 4. The van der Waals surface area contributed by atoms with E-state index in [1.807, 2.05) is 6.92 Å². The minimum Gasteiger partial charge on any atom is -0.478 e. The van der Waals surface area contributed by atoms with Gasteiger partial charge in [-0.05, 0) is 25.1 Å². The van der Waals surface area contributed by atoms with Gasteiger partial charge in [0.05, 0.1) is 34.0 Å². The van der Waals surface area contributed by atoms with Crippen molar-refractivity contribution in [3.63, 3.8) is 0 Å². The smallest absolute Gasteiger partial charge is 0.335 e. The molecule has 18 heavy (non-hydrogen) atoms. The van der Waals surface area contributed by atoms with Crippen LogP contribution in [0.15, 0.2) is 23.7 Å². The van der Waals surface area contributed by atoms with Crippen molar-refractivity contribution in [1.29, 1.82) is 0 Å². The number of carbonyl (C=O) groups is 1. The molecule has 0 amide bonds. The van der Waals surface area contributed by atoms with Gasteiger partial charge in [-0.15, -0.1) is 11.3 Å². The third-order valence-corrected chi connectivity index (χ3v) is 3.75. The van der Waals surface area contributed by atoms with E-state index in [0.717, 1.165) is 16.3 Å². The van der Waals surface area contributed by atoms with Crippen molar-refractivity contribution < 1.29 is 9.90 Å². The Kier molecular flexibility index (Phi) is 3.84. The lowest BCUT2D eigenvalue weighted by Gasteiger charge is -2.08. The minimum atomic E-state index is -0.984. The molecule has 6 heteroatoms. The second-order valence-corrected chi connectivity index (χ2v) is 5.06. The Morgan fingerprint density at radius 1 is 1.56 bits per heavy atom. The van der Waals surface area contributed by atoms with Gasteiger partial charge in [0.2, 0.25) is 0 Å². The lowest BCUT2D eigenvalue weighted by atomic mass is 10.2. The number of anilines is 1. The molecule has 0 radical (unpaired) electrons. The van der Waals surface area contributed by atoms with Gasteiger partial charge < -0.3 is 10.4 Å². The summed E-state index contributed by atoms with van der Waals surface area (Å²) in [6, 6.07) is 4.63. The summed E-state index contributed by atoms with van der Waals surface area (Å²) in [6.45, 7) is 2.57. The van der Waals surface area contributed by atoms with Gasteiger partial charge in [-0.1, -0.05) is 11.6 Å². The molecule has 0 saturated carbocycles. The Balaban J connectivity index is 2.11. The molecule has 0 saturated heterocycles. The topological polar surface area (TPSA) is 62.2 Å². The van der Waals surface area contributed by atoms with Crippen molar-refractivity contribution in [3.05, 3.63) is 44.9 Å². The normalized spacial score (nSPS) is 10.3. The number of thiazole rings is 1. The summed E-state index contributed by atoms with van der Waals surface area (Å²) in [5.74, 6) is -0.984. The zero-order valence-corrected chi connectivity index (χ0v) is 11.2. The van der Waals surface area contributed by atoms with Crippen molar-refractivity contribution in [3.8, 4) is 0 Å². The molecule has 0 fully saturated rings. The average molecular weight is 283 g/mol. The van der Waals surface area contributed by atoms with E-state index in [-0.39, 0.29) is 5.56 Å². The number of nitrogens with zero attached hydrogens (tertiary/aromatic N) is 1. The van der Waals surface area contributed by atoms with E-state index >= 15 is 0 Å². The van der Waals surface area contributed by atoms with Crippen LogP contribution in [0, 0.1) is 6.92 Å². The minimum absolute atomic E-state index is 0.180. The first kappa shape index (κ1) is 12.9. The SMILES string of the molecule is Cc1ncsc1CNc1ccc(C(=O)O)cc1Cl. The van der Waals surface area contributed by atoms with Crippen molar-refractivity contribution in [2.24, 2.45) is 0 Å². The maximum Gasteiger partial charge on any atom is 0.335 e. The van der Waals surface area contributed by atoms with E-state index < -0.39 is 5.97 Å². The Hall–Kier alpha value is -1.59. The highest BCUT2D eigenvalue weighted by Gasteiger charge is 2.07. The molecule has 2 aromatic rings. The van der Waals surface area contributed by atoms with Crippen LogP contribution in [0.4, 0.5) is 5.69 Å². The second kappa shape index (κ2) is 5.37. The highest BCUT2D eigenvalue weighted by molar-refractivity contribution is 7.09. The first-order valence-corrected chi connectivity index (χ1v) is 6.49. The molecule has 1 aromatic carbocycles. The van der Waals surface area contributed by atoms with Crippen LogP contribution in [-0.2, 0) is 6.54 Å². The van der Waals surface area contributed by atoms with Gasteiger partial charge in [-0.25, -0.2) is 9.78 Å². The molecule has 0 spiro atoms. The van der Waals surface area contributed by atoms with Gasteiger partial charge in [0.15, 0.2) is 0 Å². The second-order valence-electron chi connectivity index (χ2n) is 3.71. The zero-order valence-electron chi connectivity index (χ0n) is 9.61. The molecule has 4 nitrogen and oxygen atoms in total. The maximum atomic E-state index is 10.8. The van der Waals surface area contributed by atoms with Gasteiger partial charge in [0.1, 0.15) is 0 Å². The summed E-state index contributed by atoms with van der Waals surface area (Å²) < 4.78 is 0. The number of carboxylic acids is 1. The van der Waals surface area contributed by atoms with Crippen molar-refractivity contribution >= 4 is 34.6 Å². The fourth-order valence-corrected chi connectivity index (χ4v) is 2.43. The Labute approximate surface area is 113 Å². The van der Waals surface area contributed by atoms with Gasteiger partial charge in [-0.3, -0.25) is 0 Å². The van der Waals surface area contributed by atoms with Crippen LogP contribution in [0.1, 0.15) is 20.9 Å². The number of nitrogens with one attached hydrogen (secondary N) is 1. The molecule has 1 heterocycles. The molecule has 0 aliphatic heterocycles. The van der Waals surface area contributed by atoms with Crippen LogP contribution in [0.5, 0.6) is 0 Å². The molecular formula is C12H11ClN2O2S. The number of aryl methyl sites for hydroxylation is 1. The quantitative estimate of drug-likeness (QED) is 0.902. The van der Waals surface area contributed by atoms with Gasteiger partial charge in [0.25, 0.3) is 0 Å². The van der Waals surface area contributed by atoms with Gasteiger partial charge in [0, 0.05) is 4.88 Å². The predicted molar refractivity (Wildman–Crippen MR) is 72.6 cm³/mol. The standard InChI is InChI=1S/C12H11ClN2O2S/c1-7-11(18-6-15-7)5-14-10-3-2-8(12(16)17)4-9(10)13/h2-4,6,14H,5H2,1H3,(H,16,17). The summed E-state index contributed by atoms with van der Waals surface area (Å²) in [5, 5.41) is 12.4. The molecule has 2 rings (SSSR count). The maximum absolute atomic E-state index is 10.8. The van der Waals surface area contributed by atoms with E-state index in [2.05, 4.69) is 10.3 Å². The molecule has 0 aliphatic carbocycles. The van der Waals surface area contributed by atoms with E-state index in [1.165, 1.54) is 12.1 Å². The molecule has 0 bridgehead atoms. The monoisotopic (exact) mass is 282 g/mol. The highest BCUT2D eigenvalue weighted by atomic mass is 35.5. The highest BCUT2D eigenvalue weighted by Crippen LogP contribution is 2.24. The average Bonchev–Trinajstić information content (AvgIpc) is 2.73. The number of carboxylic acid groups (broad SMARTS) is 1. The van der Waals surface area contributed by atoms with Crippen LogP contribution < -0.4 is 5.32 Å². The van der Waals surface area contributed by atoms with Gasteiger partial charge >= 0.3 is 5.97 Å². The molecule has 2 N–H and O–H groups in total. The van der Waals surface area contributed by atoms with Crippen molar-refractivity contribution in [1.82, 2.24) is 4.98 Å². The summed E-state index contributed by atoms with van der Waals surface area (Å²) in [6.07, 6.45) is 0. The summed E-state index contributed by atoms with van der Waals surface area (Å²) in [5.41, 5.74) is 3.68. The number of benzene rings is 1. The first-order valence-electron chi connectivity index (χ1n) is 5.23. The molecule has 0 atom stereocenters. The third kappa shape index (κ3) is 2.80. The van der Waals surface area contributed by atoms with E-state index in [4.69, 9.17) is 16.7 Å². The Morgan fingerprint density at radius 3 is 2.89 bits per heavy atom. The van der Waals surface area contributed by atoms with Crippen LogP contribution in [0.25, 0.3) is 0 Å². The lowest BCUT2D eigenvalue weighted by Crippen LogP contribution is -2.01. The molecular weight excluding hydrogens is 272 g/mol. The Morgan fingerprint density at radius 2 is 2.33 bits per heavy atom. The van der Waals surface area contributed by atoms with Gasteiger partial charge in [-0.2, -0.15) is 0 Å². The van der Waals surface area contributed by atoms with E-state index in [0.29, 0.717) is 11.6 Å². The van der Waals surface area contributed by atoms with Crippen molar-refractivity contribution in [2.45, 2.75) is 13.5 Å².